The van der Waals surface area contributed by atoms with Crippen molar-refractivity contribution in [2.75, 3.05) is 26.8 Å². The molecule has 0 bridgehead atoms. The largest absolute Gasteiger partial charge is 0.490 e. The molecule has 6 nitrogen and oxygen atoms in total. The summed E-state index contributed by atoms with van der Waals surface area (Å²) in [6.45, 7) is 2.87. The van der Waals surface area contributed by atoms with Gasteiger partial charge in [0.15, 0.2) is 11.5 Å². The molecule has 0 spiro atoms. The van der Waals surface area contributed by atoms with Crippen LogP contribution in [0.3, 0.4) is 0 Å². The van der Waals surface area contributed by atoms with E-state index in [1.54, 1.807) is 32.2 Å². The number of hydrogen-bond donors (Lipinski definition) is 1. The number of carboxylic acid groups (broad SMARTS) is 1. The first-order valence-electron chi connectivity index (χ1n) is 6.87. The molecule has 2 rings (SSSR count). The van der Waals surface area contributed by atoms with E-state index in [0.717, 1.165) is 6.42 Å². The molecular formula is C15H19NO5. The molecule has 0 aromatic heterocycles. The van der Waals surface area contributed by atoms with Gasteiger partial charge in [-0.2, -0.15) is 0 Å². The summed E-state index contributed by atoms with van der Waals surface area (Å²) in [5, 5.41) is 8.90. The Kier molecular flexibility index (Phi) is 4.67. The van der Waals surface area contributed by atoms with Gasteiger partial charge >= 0.3 is 5.97 Å². The van der Waals surface area contributed by atoms with Gasteiger partial charge in [-0.1, -0.05) is 6.92 Å². The third kappa shape index (κ3) is 3.65. The van der Waals surface area contributed by atoms with Crippen molar-refractivity contribution in [2.45, 2.75) is 13.3 Å². The predicted molar refractivity (Wildman–Crippen MR) is 75.8 cm³/mol. The molecule has 1 aromatic carbocycles. The van der Waals surface area contributed by atoms with E-state index < -0.39 is 11.9 Å². The second-order valence-corrected chi connectivity index (χ2v) is 5.14. The number of fused-ring (bicyclic) bond motifs is 1. The van der Waals surface area contributed by atoms with E-state index in [4.69, 9.17) is 14.6 Å². The maximum Gasteiger partial charge on any atom is 0.308 e. The van der Waals surface area contributed by atoms with E-state index in [2.05, 4.69) is 0 Å². The maximum absolute atomic E-state index is 12.3. The molecule has 0 saturated carbocycles. The standard InChI is InChI=1S/C15H19NO5/c1-10(15(18)19)9-16(2)14(17)11-4-5-12-13(8-11)21-7-3-6-20-12/h4-5,8,10H,3,6-7,9H2,1-2H3,(H,18,19). The van der Waals surface area contributed by atoms with Crippen LogP contribution < -0.4 is 9.47 Å². The van der Waals surface area contributed by atoms with E-state index in [1.165, 1.54) is 4.90 Å². The Morgan fingerprint density at radius 1 is 1.29 bits per heavy atom. The van der Waals surface area contributed by atoms with E-state index in [-0.39, 0.29) is 12.5 Å². The van der Waals surface area contributed by atoms with Gasteiger partial charge in [-0.3, -0.25) is 9.59 Å². The van der Waals surface area contributed by atoms with Crippen LogP contribution in [-0.2, 0) is 4.79 Å². The minimum Gasteiger partial charge on any atom is -0.490 e. The van der Waals surface area contributed by atoms with Gasteiger partial charge in [-0.25, -0.2) is 0 Å². The average Bonchev–Trinajstić information content (AvgIpc) is 2.70. The second-order valence-electron chi connectivity index (χ2n) is 5.14. The van der Waals surface area contributed by atoms with Gasteiger partial charge in [0.1, 0.15) is 0 Å². The zero-order valence-electron chi connectivity index (χ0n) is 12.2. The van der Waals surface area contributed by atoms with Crippen molar-refractivity contribution in [3.8, 4) is 11.5 Å². The molecule has 0 aliphatic carbocycles. The van der Waals surface area contributed by atoms with E-state index in [0.29, 0.717) is 30.3 Å². The molecule has 0 radical (unpaired) electrons. The first-order valence-corrected chi connectivity index (χ1v) is 6.87. The van der Waals surface area contributed by atoms with Gasteiger partial charge in [-0.15, -0.1) is 0 Å². The topological polar surface area (TPSA) is 76.1 Å². The number of carbonyl (C=O) groups is 2. The number of nitrogens with zero attached hydrogens (tertiary/aromatic N) is 1. The fourth-order valence-corrected chi connectivity index (χ4v) is 2.09. The predicted octanol–water partition coefficient (Wildman–Crippen LogP) is 1.64. The summed E-state index contributed by atoms with van der Waals surface area (Å²) in [5.74, 6) is -0.588. The highest BCUT2D eigenvalue weighted by Crippen LogP contribution is 2.30. The molecule has 1 unspecified atom stereocenters. The zero-order chi connectivity index (χ0) is 15.4. The summed E-state index contributed by atoms with van der Waals surface area (Å²) in [7, 11) is 1.59. The van der Waals surface area contributed by atoms with Gasteiger partial charge in [0.05, 0.1) is 19.1 Å². The Labute approximate surface area is 123 Å². The van der Waals surface area contributed by atoms with Crippen molar-refractivity contribution in [3.05, 3.63) is 23.8 Å². The van der Waals surface area contributed by atoms with Crippen LogP contribution in [0.5, 0.6) is 11.5 Å². The summed E-state index contributed by atoms with van der Waals surface area (Å²) in [6, 6.07) is 5.02. The van der Waals surface area contributed by atoms with E-state index in [9.17, 15) is 9.59 Å². The van der Waals surface area contributed by atoms with Gasteiger partial charge in [0.25, 0.3) is 5.91 Å². The Morgan fingerprint density at radius 3 is 2.62 bits per heavy atom. The van der Waals surface area contributed by atoms with Crippen molar-refractivity contribution in [1.29, 1.82) is 0 Å². The van der Waals surface area contributed by atoms with E-state index >= 15 is 0 Å². The lowest BCUT2D eigenvalue weighted by molar-refractivity contribution is -0.141. The minimum atomic E-state index is -0.923. The van der Waals surface area contributed by atoms with Gasteiger partial charge in [0, 0.05) is 25.6 Å². The number of aliphatic carboxylic acids is 1. The monoisotopic (exact) mass is 293 g/mol. The van der Waals surface area contributed by atoms with Crippen LogP contribution in [0.1, 0.15) is 23.7 Å². The summed E-state index contributed by atoms with van der Waals surface area (Å²) in [4.78, 5) is 24.6. The van der Waals surface area contributed by atoms with Crippen molar-refractivity contribution < 1.29 is 24.2 Å². The molecule has 1 aliphatic heterocycles. The van der Waals surface area contributed by atoms with E-state index in [1.807, 2.05) is 0 Å². The number of carbonyl (C=O) groups excluding carboxylic acids is 1. The highest BCUT2D eigenvalue weighted by Gasteiger charge is 2.20. The quantitative estimate of drug-likeness (QED) is 0.913. The first-order chi connectivity index (χ1) is 9.99. The third-order valence-electron chi connectivity index (χ3n) is 3.31. The highest BCUT2D eigenvalue weighted by molar-refractivity contribution is 5.95. The molecule has 21 heavy (non-hydrogen) atoms. The molecule has 6 heteroatoms. The smallest absolute Gasteiger partial charge is 0.308 e. The third-order valence-corrected chi connectivity index (χ3v) is 3.31. The molecule has 1 aromatic rings. The molecule has 1 atom stereocenters. The summed E-state index contributed by atoms with van der Waals surface area (Å²) < 4.78 is 11.1. The number of benzene rings is 1. The molecular weight excluding hydrogens is 274 g/mol. The van der Waals surface area contributed by atoms with Gasteiger partial charge < -0.3 is 19.5 Å². The van der Waals surface area contributed by atoms with Crippen LogP contribution in [0.2, 0.25) is 0 Å². The number of hydrogen-bond acceptors (Lipinski definition) is 4. The fourth-order valence-electron chi connectivity index (χ4n) is 2.09. The molecule has 1 aliphatic rings. The SMILES string of the molecule is CC(CN(C)C(=O)c1ccc2c(c1)OCCCO2)C(=O)O. The van der Waals surface area contributed by atoms with Crippen molar-refractivity contribution in [2.24, 2.45) is 5.92 Å². The molecule has 0 fully saturated rings. The van der Waals surface area contributed by atoms with Gasteiger partial charge in [0.2, 0.25) is 0 Å². The van der Waals surface area contributed by atoms with Crippen molar-refractivity contribution >= 4 is 11.9 Å². The Hall–Kier alpha value is -2.24. The second kappa shape index (κ2) is 6.47. The molecule has 1 heterocycles. The number of rotatable bonds is 4. The van der Waals surface area contributed by atoms with Crippen LogP contribution in [0.25, 0.3) is 0 Å². The van der Waals surface area contributed by atoms with Crippen LogP contribution in [-0.4, -0.2) is 48.7 Å². The molecule has 0 saturated heterocycles. The maximum atomic E-state index is 12.3. The van der Waals surface area contributed by atoms with Crippen LogP contribution in [0.4, 0.5) is 0 Å². The fraction of sp³-hybridized carbons (Fsp3) is 0.467. The molecule has 114 valence electrons. The van der Waals surface area contributed by atoms with Crippen LogP contribution in [0, 0.1) is 5.92 Å². The highest BCUT2D eigenvalue weighted by atomic mass is 16.5. The van der Waals surface area contributed by atoms with Crippen molar-refractivity contribution in [1.82, 2.24) is 4.90 Å². The normalized spacial score (nSPS) is 15.0. The summed E-state index contributed by atoms with van der Waals surface area (Å²) >= 11 is 0. The first kappa shape index (κ1) is 15.2. The number of amides is 1. The lowest BCUT2D eigenvalue weighted by atomic mass is 10.1. The van der Waals surface area contributed by atoms with Crippen LogP contribution >= 0.6 is 0 Å². The number of ether oxygens (including phenoxy) is 2. The molecule has 1 amide bonds. The summed E-state index contributed by atoms with van der Waals surface area (Å²) in [6.07, 6.45) is 0.800. The average molecular weight is 293 g/mol. The summed E-state index contributed by atoms with van der Waals surface area (Å²) in [5.41, 5.74) is 0.458. The minimum absolute atomic E-state index is 0.155. The Bertz CT molecular complexity index is 543. The van der Waals surface area contributed by atoms with Crippen molar-refractivity contribution in [3.63, 3.8) is 0 Å². The van der Waals surface area contributed by atoms with Crippen LogP contribution in [0.15, 0.2) is 18.2 Å². The lowest BCUT2D eigenvalue weighted by Gasteiger charge is -2.20. The Morgan fingerprint density at radius 2 is 1.95 bits per heavy atom. The molecule has 1 N–H and O–H groups in total. The zero-order valence-corrected chi connectivity index (χ0v) is 12.2. The number of carboxylic acids is 1. The Balaban J connectivity index is 2.12. The van der Waals surface area contributed by atoms with Gasteiger partial charge in [-0.05, 0) is 18.2 Å². The lowest BCUT2D eigenvalue weighted by Crippen LogP contribution is -2.33.